The number of carbonyl (C=O) groups is 4. The summed E-state index contributed by atoms with van der Waals surface area (Å²) in [4.78, 5) is 46.6. The van der Waals surface area contributed by atoms with Gasteiger partial charge in [0.15, 0.2) is 0 Å². The molecule has 0 bridgehead atoms. The summed E-state index contributed by atoms with van der Waals surface area (Å²) < 4.78 is 0. The molecule has 0 aliphatic rings. The maximum absolute atomic E-state index is 12.2. The number of benzene rings is 1. The first-order valence-electron chi connectivity index (χ1n) is 8.25. The molecular weight excluding hydrogens is 372 g/mol. The van der Waals surface area contributed by atoms with Crippen LogP contribution in [0.1, 0.15) is 12.5 Å². The fourth-order valence-electron chi connectivity index (χ4n) is 2.12. The highest BCUT2D eigenvalue weighted by Crippen LogP contribution is 2.02. The molecule has 0 aromatic heterocycles. The van der Waals surface area contributed by atoms with E-state index in [2.05, 4.69) is 28.6 Å². The Morgan fingerprint density at radius 2 is 1.70 bits per heavy atom. The van der Waals surface area contributed by atoms with Crippen molar-refractivity contribution >= 4 is 36.3 Å². The van der Waals surface area contributed by atoms with Crippen LogP contribution in [0.3, 0.4) is 0 Å². The van der Waals surface area contributed by atoms with Crippen molar-refractivity contribution in [2.75, 3.05) is 12.3 Å². The number of carbonyl (C=O) groups excluding carboxylic acids is 3. The zero-order valence-corrected chi connectivity index (χ0v) is 15.7. The molecule has 148 valence electrons. The maximum Gasteiger partial charge on any atom is 0.322 e. The molecule has 0 aliphatic heterocycles. The Morgan fingerprint density at radius 1 is 1.07 bits per heavy atom. The Balaban J connectivity index is 2.52. The highest BCUT2D eigenvalue weighted by Gasteiger charge is 2.25. The van der Waals surface area contributed by atoms with E-state index < -0.39 is 48.4 Å². The molecule has 0 aliphatic carbocycles. The van der Waals surface area contributed by atoms with Gasteiger partial charge >= 0.3 is 5.97 Å². The first kappa shape index (κ1) is 22.5. The lowest BCUT2D eigenvalue weighted by Crippen LogP contribution is -2.55. The quantitative estimate of drug-likeness (QED) is 0.270. The third-order valence-electron chi connectivity index (χ3n) is 3.62. The minimum Gasteiger partial charge on any atom is -0.480 e. The van der Waals surface area contributed by atoms with Crippen molar-refractivity contribution in [1.82, 2.24) is 16.0 Å². The standard InChI is InChI=1S/C17H24N4O5S/c1-10(15(24)21-13(9-27)17(26)19-8-14(22)23)20-16(25)12(18)7-11-5-3-2-4-6-11/h2-6,10,12-13,27H,7-9,18H2,1H3,(H,19,26)(H,20,25)(H,21,24)(H,22,23). The second-order valence-electron chi connectivity index (χ2n) is 5.88. The average molecular weight is 396 g/mol. The lowest BCUT2D eigenvalue weighted by atomic mass is 10.1. The van der Waals surface area contributed by atoms with Gasteiger partial charge in [-0.3, -0.25) is 19.2 Å². The zero-order chi connectivity index (χ0) is 20.4. The van der Waals surface area contributed by atoms with Crippen LogP contribution in [-0.2, 0) is 25.6 Å². The number of carboxylic acids is 1. The summed E-state index contributed by atoms with van der Waals surface area (Å²) in [5.41, 5.74) is 6.76. The van der Waals surface area contributed by atoms with Crippen molar-refractivity contribution in [3.63, 3.8) is 0 Å². The highest BCUT2D eigenvalue weighted by atomic mass is 32.1. The fraction of sp³-hybridized carbons (Fsp3) is 0.412. The van der Waals surface area contributed by atoms with Crippen LogP contribution in [0.5, 0.6) is 0 Å². The van der Waals surface area contributed by atoms with E-state index in [1.54, 1.807) is 0 Å². The van der Waals surface area contributed by atoms with Crippen molar-refractivity contribution in [3.8, 4) is 0 Å². The van der Waals surface area contributed by atoms with Gasteiger partial charge in [-0.05, 0) is 18.9 Å². The Morgan fingerprint density at radius 3 is 2.26 bits per heavy atom. The van der Waals surface area contributed by atoms with E-state index in [1.807, 2.05) is 30.3 Å². The molecule has 0 radical (unpaired) electrons. The smallest absolute Gasteiger partial charge is 0.322 e. The van der Waals surface area contributed by atoms with E-state index in [0.717, 1.165) is 5.56 Å². The molecule has 3 atom stereocenters. The van der Waals surface area contributed by atoms with Gasteiger partial charge < -0.3 is 26.8 Å². The predicted molar refractivity (Wildman–Crippen MR) is 102 cm³/mol. The molecule has 3 unspecified atom stereocenters. The number of thiol groups is 1. The number of rotatable bonds is 10. The lowest BCUT2D eigenvalue weighted by molar-refractivity contribution is -0.138. The number of nitrogens with one attached hydrogen (secondary N) is 3. The van der Waals surface area contributed by atoms with Gasteiger partial charge in [-0.1, -0.05) is 30.3 Å². The van der Waals surface area contributed by atoms with Crippen LogP contribution in [0.4, 0.5) is 0 Å². The van der Waals surface area contributed by atoms with Gasteiger partial charge in [0.1, 0.15) is 18.6 Å². The lowest BCUT2D eigenvalue weighted by Gasteiger charge is -2.21. The summed E-state index contributed by atoms with van der Waals surface area (Å²) in [6, 6.07) is 6.42. The predicted octanol–water partition coefficient (Wildman–Crippen LogP) is -1.32. The number of hydrogen-bond donors (Lipinski definition) is 6. The Hall–Kier alpha value is -2.59. The van der Waals surface area contributed by atoms with Crippen molar-refractivity contribution in [2.24, 2.45) is 5.73 Å². The van der Waals surface area contributed by atoms with E-state index in [1.165, 1.54) is 6.92 Å². The summed E-state index contributed by atoms with van der Waals surface area (Å²) in [5, 5.41) is 15.6. The van der Waals surface area contributed by atoms with Crippen LogP contribution < -0.4 is 21.7 Å². The van der Waals surface area contributed by atoms with Gasteiger partial charge in [0.2, 0.25) is 17.7 Å². The summed E-state index contributed by atoms with van der Waals surface area (Å²) in [7, 11) is 0. The Bertz CT molecular complexity index is 671. The van der Waals surface area contributed by atoms with E-state index in [0.29, 0.717) is 6.42 Å². The van der Waals surface area contributed by atoms with Crippen LogP contribution in [0.25, 0.3) is 0 Å². The molecular formula is C17H24N4O5S. The van der Waals surface area contributed by atoms with E-state index in [4.69, 9.17) is 10.8 Å². The SMILES string of the molecule is CC(NC(=O)C(N)Cc1ccccc1)C(=O)NC(CS)C(=O)NCC(=O)O. The first-order chi connectivity index (χ1) is 12.7. The molecule has 1 aromatic carbocycles. The van der Waals surface area contributed by atoms with Crippen molar-refractivity contribution in [1.29, 1.82) is 0 Å². The number of amides is 3. The molecule has 3 amide bonds. The number of aliphatic carboxylic acids is 1. The maximum atomic E-state index is 12.2. The zero-order valence-electron chi connectivity index (χ0n) is 14.8. The third-order valence-corrected chi connectivity index (χ3v) is 3.98. The normalized spacial score (nSPS) is 13.7. The van der Waals surface area contributed by atoms with E-state index >= 15 is 0 Å². The minimum absolute atomic E-state index is 0.0363. The van der Waals surface area contributed by atoms with Crippen LogP contribution in [0, 0.1) is 0 Å². The van der Waals surface area contributed by atoms with Crippen molar-refractivity contribution < 1.29 is 24.3 Å². The second-order valence-corrected chi connectivity index (χ2v) is 6.25. The second kappa shape index (κ2) is 11.2. The van der Waals surface area contributed by atoms with E-state index in [9.17, 15) is 19.2 Å². The molecule has 0 fully saturated rings. The molecule has 0 saturated carbocycles. The molecule has 27 heavy (non-hydrogen) atoms. The molecule has 6 N–H and O–H groups in total. The molecule has 1 aromatic rings. The van der Waals surface area contributed by atoms with Gasteiger partial charge in [0.05, 0.1) is 6.04 Å². The number of hydrogen-bond acceptors (Lipinski definition) is 6. The molecule has 9 nitrogen and oxygen atoms in total. The monoisotopic (exact) mass is 396 g/mol. The largest absolute Gasteiger partial charge is 0.480 e. The summed E-state index contributed by atoms with van der Waals surface area (Å²) >= 11 is 3.97. The average Bonchev–Trinajstić information content (AvgIpc) is 2.64. The van der Waals surface area contributed by atoms with Crippen LogP contribution in [0.15, 0.2) is 30.3 Å². The van der Waals surface area contributed by atoms with Gasteiger partial charge in [0.25, 0.3) is 0 Å². The Labute approximate surface area is 162 Å². The van der Waals surface area contributed by atoms with Gasteiger partial charge in [-0.2, -0.15) is 12.6 Å². The molecule has 0 spiro atoms. The molecule has 10 heteroatoms. The van der Waals surface area contributed by atoms with Crippen LogP contribution in [0.2, 0.25) is 0 Å². The number of carboxylic acid groups (broad SMARTS) is 1. The van der Waals surface area contributed by atoms with Gasteiger partial charge in [-0.25, -0.2) is 0 Å². The van der Waals surface area contributed by atoms with Crippen LogP contribution in [-0.4, -0.2) is 59.2 Å². The molecule has 1 rings (SSSR count). The first-order valence-corrected chi connectivity index (χ1v) is 8.88. The number of nitrogens with two attached hydrogens (primary N) is 1. The van der Waals surface area contributed by atoms with Crippen molar-refractivity contribution in [3.05, 3.63) is 35.9 Å². The van der Waals surface area contributed by atoms with Gasteiger partial charge in [-0.15, -0.1) is 0 Å². The van der Waals surface area contributed by atoms with E-state index in [-0.39, 0.29) is 5.75 Å². The Kier molecular flexibility index (Phi) is 9.31. The topological polar surface area (TPSA) is 151 Å². The third kappa shape index (κ3) is 8.09. The van der Waals surface area contributed by atoms with Gasteiger partial charge in [0, 0.05) is 5.75 Å². The molecule has 0 heterocycles. The summed E-state index contributed by atoms with van der Waals surface area (Å²) in [6.07, 6.45) is 0.317. The van der Waals surface area contributed by atoms with Crippen LogP contribution >= 0.6 is 12.6 Å². The summed E-state index contributed by atoms with van der Waals surface area (Å²) in [5.74, 6) is -3.04. The van der Waals surface area contributed by atoms with Crippen molar-refractivity contribution in [2.45, 2.75) is 31.5 Å². The minimum atomic E-state index is -1.21. The summed E-state index contributed by atoms with van der Waals surface area (Å²) in [6.45, 7) is 0.882. The fourth-order valence-corrected chi connectivity index (χ4v) is 2.38. The molecule has 0 saturated heterocycles. The highest BCUT2D eigenvalue weighted by molar-refractivity contribution is 7.80.